The van der Waals surface area contributed by atoms with E-state index in [0.717, 1.165) is 43.8 Å². The maximum Gasteiger partial charge on any atom is 0.274 e. The molecular formula is C20H22ClN3O. The Kier molecular flexibility index (Phi) is 3.63. The van der Waals surface area contributed by atoms with Gasteiger partial charge < -0.3 is 4.90 Å². The van der Waals surface area contributed by atoms with Gasteiger partial charge in [-0.05, 0) is 61.6 Å². The summed E-state index contributed by atoms with van der Waals surface area (Å²) in [4.78, 5) is 15.0. The summed E-state index contributed by atoms with van der Waals surface area (Å²) in [5.74, 6) is 1.51. The zero-order valence-corrected chi connectivity index (χ0v) is 14.9. The molecule has 3 atom stereocenters. The average Bonchev–Trinajstić information content (AvgIpc) is 3.34. The van der Waals surface area contributed by atoms with Crippen molar-refractivity contribution < 1.29 is 4.79 Å². The first-order chi connectivity index (χ1) is 12.2. The summed E-state index contributed by atoms with van der Waals surface area (Å²) >= 11 is 6.05. The maximum atomic E-state index is 13.0. The zero-order valence-electron chi connectivity index (χ0n) is 14.2. The van der Waals surface area contributed by atoms with Crippen LogP contribution in [-0.4, -0.2) is 34.1 Å². The molecule has 130 valence electrons. The summed E-state index contributed by atoms with van der Waals surface area (Å²) < 4.78 is 0. The highest BCUT2D eigenvalue weighted by Gasteiger charge is 2.48. The summed E-state index contributed by atoms with van der Waals surface area (Å²) in [6.45, 7) is 1.74. The molecule has 1 N–H and O–H groups in total. The number of likely N-dealkylation sites (tertiary alicyclic amines) is 1. The first-order valence-corrected chi connectivity index (χ1v) is 9.73. The molecule has 2 heterocycles. The summed E-state index contributed by atoms with van der Waals surface area (Å²) in [5.41, 5.74) is 4.44. The summed E-state index contributed by atoms with van der Waals surface area (Å²) in [5, 5.41) is 8.43. The van der Waals surface area contributed by atoms with Crippen LogP contribution in [0.1, 0.15) is 77.2 Å². The lowest BCUT2D eigenvalue weighted by Gasteiger charge is -2.27. The smallest absolute Gasteiger partial charge is 0.274 e. The number of carbonyl (C=O) groups is 1. The Morgan fingerprint density at radius 1 is 1.08 bits per heavy atom. The van der Waals surface area contributed by atoms with Crippen LogP contribution in [0.4, 0.5) is 0 Å². The second-order valence-corrected chi connectivity index (χ2v) is 8.12. The molecule has 2 bridgehead atoms. The standard InChI is InChI=1S/C20H22ClN3O/c21-14-6-4-12(5-7-14)15-10-13-11-16(15)17-18(13)22-23-19(17)20(25)24-8-2-1-3-9-24/h4-7,13,15-16H,1-3,8-11H2,(H,22,23). The monoisotopic (exact) mass is 355 g/mol. The minimum atomic E-state index is 0.125. The minimum Gasteiger partial charge on any atom is -0.337 e. The molecule has 5 heteroatoms. The summed E-state index contributed by atoms with van der Waals surface area (Å²) in [6, 6.07) is 8.22. The second kappa shape index (κ2) is 5.87. The third kappa shape index (κ3) is 2.42. The molecule has 1 aromatic carbocycles. The molecule has 4 nitrogen and oxygen atoms in total. The van der Waals surface area contributed by atoms with E-state index >= 15 is 0 Å². The number of benzene rings is 1. The minimum absolute atomic E-state index is 0.125. The Morgan fingerprint density at radius 3 is 2.56 bits per heavy atom. The largest absolute Gasteiger partial charge is 0.337 e. The van der Waals surface area contributed by atoms with Crippen molar-refractivity contribution in [1.82, 2.24) is 15.1 Å². The fraction of sp³-hybridized carbons (Fsp3) is 0.500. The summed E-state index contributed by atoms with van der Waals surface area (Å²) in [7, 11) is 0. The van der Waals surface area contributed by atoms with Gasteiger partial charge in [-0.3, -0.25) is 9.89 Å². The number of piperidine rings is 1. The molecule has 3 unspecified atom stereocenters. The number of aromatic nitrogens is 2. The molecule has 2 aliphatic carbocycles. The Balaban J connectivity index is 1.47. The molecule has 1 aromatic heterocycles. The van der Waals surface area contributed by atoms with Crippen LogP contribution in [0.25, 0.3) is 0 Å². The van der Waals surface area contributed by atoms with E-state index in [1.807, 2.05) is 17.0 Å². The molecule has 3 aliphatic rings. The molecule has 2 fully saturated rings. The number of amides is 1. The van der Waals surface area contributed by atoms with Crippen molar-refractivity contribution in [3.63, 3.8) is 0 Å². The molecule has 1 aliphatic heterocycles. The van der Waals surface area contributed by atoms with Crippen LogP contribution >= 0.6 is 11.6 Å². The van der Waals surface area contributed by atoms with Crippen molar-refractivity contribution in [1.29, 1.82) is 0 Å². The third-order valence-electron chi connectivity index (χ3n) is 6.32. The second-order valence-electron chi connectivity index (χ2n) is 7.69. The van der Waals surface area contributed by atoms with Crippen LogP contribution in [0.5, 0.6) is 0 Å². The molecular weight excluding hydrogens is 334 g/mol. The van der Waals surface area contributed by atoms with E-state index in [1.165, 1.54) is 23.2 Å². The van der Waals surface area contributed by atoms with Crippen LogP contribution < -0.4 is 0 Å². The number of rotatable bonds is 2. The van der Waals surface area contributed by atoms with Crippen molar-refractivity contribution in [2.45, 2.75) is 49.9 Å². The van der Waals surface area contributed by atoms with Gasteiger partial charge in [-0.25, -0.2) is 0 Å². The van der Waals surface area contributed by atoms with Crippen molar-refractivity contribution in [2.75, 3.05) is 13.1 Å². The van der Waals surface area contributed by atoms with Gasteiger partial charge in [-0.2, -0.15) is 5.10 Å². The van der Waals surface area contributed by atoms with Gasteiger partial charge in [0.15, 0.2) is 5.69 Å². The molecule has 0 radical (unpaired) electrons. The Hall–Kier alpha value is -1.81. The Bertz CT molecular complexity index is 807. The first kappa shape index (κ1) is 15.4. The lowest BCUT2D eigenvalue weighted by molar-refractivity contribution is 0.0716. The van der Waals surface area contributed by atoms with Gasteiger partial charge in [0.2, 0.25) is 0 Å². The number of carbonyl (C=O) groups excluding carboxylic acids is 1. The average molecular weight is 356 g/mol. The number of nitrogens with zero attached hydrogens (tertiary/aromatic N) is 2. The fourth-order valence-electron chi connectivity index (χ4n) is 5.13. The predicted molar refractivity (Wildman–Crippen MR) is 97.3 cm³/mol. The van der Waals surface area contributed by atoms with E-state index in [-0.39, 0.29) is 5.91 Å². The molecule has 25 heavy (non-hydrogen) atoms. The van der Waals surface area contributed by atoms with Crippen molar-refractivity contribution in [3.05, 3.63) is 51.8 Å². The van der Waals surface area contributed by atoms with Crippen molar-refractivity contribution in [3.8, 4) is 0 Å². The number of fused-ring (bicyclic) bond motifs is 5. The molecule has 1 saturated heterocycles. The maximum absolute atomic E-state index is 13.0. The van der Waals surface area contributed by atoms with E-state index in [9.17, 15) is 4.79 Å². The number of H-pyrrole nitrogens is 1. The fourth-order valence-corrected chi connectivity index (χ4v) is 5.26. The SMILES string of the molecule is O=C(c1n[nH]c2c1C1CC2CC1c1ccc(Cl)cc1)N1CCCCC1. The number of aromatic amines is 1. The van der Waals surface area contributed by atoms with E-state index in [4.69, 9.17) is 11.6 Å². The van der Waals surface area contributed by atoms with Gasteiger partial charge in [-0.1, -0.05) is 23.7 Å². The Morgan fingerprint density at radius 2 is 1.80 bits per heavy atom. The van der Waals surface area contributed by atoms with Gasteiger partial charge in [0.25, 0.3) is 5.91 Å². The zero-order chi connectivity index (χ0) is 17.0. The van der Waals surface area contributed by atoms with E-state index < -0.39 is 0 Å². The highest BCUT2D eigenvalue weighted by Crippen LogP contribution is 2.60. The van der Waals surface area contributed by atoms with Gasteiger partial charge in [0, 0.05) is 35.3 Å². The van der Waals surface area contributed by atoms with Crippen LogP contribution in [0.2, 0.25) is 5.02 Å². The van der Waals surface area contributed by atoms with Gasteiger partial charge in [0.1, 0.15) is 0 Å². The van der Waals surface area contributed by atoms with Crippen LogP contribution in [0, 0.1) is 0 Å². The van der Waals surface area contributed by atoms with E-state index in [2.05, 4.69) is 22.3 Å². The van der Waals surface area contributed by atoms with E-state index in [1.54, 1.807) is 0 Å². The Labute approximate surface area is 152 Å². The molecule has 5 rings (SSSR count). The van der Waals surface area contributed by atoms with Crippen LogP contribution in [0.15, 0.2) is 24.3 Å². The summed E-state index contributed by atoms with van der Waals surface area (Å²) in [6.07, 6.45) is 5.72. The first-order valence-electron chi connectivity index (χ1n) is 9.35. The molecule has 1 amide bonds. The highest BCUT2D eigenvalue weighted by molar-refractivity contribution is 6.30. The van der Waals surface area contributed by atoms with Gasteiger partial charge >= 0.3 is 0 Å². The quantitative estimate of drug-likeness (QED) is 0.865. The number of nitrogens with one attached hydrogen (secondary N) is 1. The highest BCUT2D eigenvalue weighted by atomic mass is 35.5. The van der Waals surface area contributed by atoms with Gasteiger partial charge in [-0.15, -0.1) is 0 Å². The normalized spacial score (nSPS) is 27.6. The number of hydrogen-bond acceptors (Lipinski definition) is 2. The van der Waals surface area contributed by atoms with Crippen molar-refractivity contribution in [2.24, 2.45) is 0 Å². The van der Waals surface area contributed by atoms with Crippen molar-refractivity contribution >= 4 is 17.5 Å². The molecule has 2 aromatic rings. The van der Waals surface area contributed by atoms with Crippen LogP contribution in [-0.2, 0) is 0 Å². The lowest BCUT2D eigenvalue weighted by Crippen LogP contribution is -2.36. The molecule has 1 saturated carbocycles. The number of hydrogen-bond donors (Lipinski definition) is 1. The van der Waals surface area contributed by atoms with Crippen LogP contribution in [0.3, 0.4) is 0 Å². The van der Waals surface area contributed by atoms with E-state index in [0.29, 0.717) is 23.4 Å². The number of halogens is 1. The van der Waals surface area contributed by atoms with Gasteiger partial charge in [0.05, 0.1) is 0 Å². The predicted octanol–water partition coefficient (Wildman–Crippen LogP) is 4.45. The third-order valence-corrected chi connectivity index (χ3v) is 6.57. The topological polar surface area (TPSA) is 49.0 Å². The molecule has 0 spiro atoms. The lowest BCUT2D eigenvalue weighted by atomic mass is 9.81.